The maximum atomic E-state index is 14.4. The molecule has 1 aliphatic rings. The number of fused-ring (bicyclic) bond motifs is 1. The van der Waals surface area contributed by atoms with Gasteiger partial charge < -0.3 is 5.32 Å². The number of amides is 1. The first-order valence-electron chi connectivity index (χ1n) is 7.80. The minimum atomic E-state index is -0.621. The van der Waals surface area contributed by atoms with E-state index in [1.807, 2.05) is 13.0 Å². The highest BCUT2D eigenvalue weighted by molar-refractivity contribution is 5.95. The Morgan fingerprint density at radius 3 is 2.88 bits per heavy atom. The third-order valence-corrected chi connectivity index (χ3v) is 4.18. The van der Waals surface area contributed by atoms with E-state index in [1.54, 1.807) is 30.7 Å². The van der Waals surface area contributed by atoms with Gasteiger partial charge in [-0.05, 0) is 43.5 Å². The first-order chi connectivity index (χ1) is 11.6. The normalized spacial score (nSPS) is 13.9. The van der Waals surface area contributed by atoms with Gasteiger partial charge in [0.15, 0.2) is 0 Å². The monoisotopic (exact) mass is 322 g/mol. The smallest absolute Gasteiger partial charge is 0.228 e. The SMILES string of the molecule is Cc1ccncc1-c1cc2c(F)nc(NC(=O)C3CC3)cc2cn1. The van der Waals surface area contributed by atoms with Gasteiger partial charge in [-0.2, -0.15) is 4.39 Å². The average molecular weight is 322 g/mol. The van der Waals surface area contributed by atoms with Crippen LogP contribution in [0.2, 0.25) is 0 Å². The highest BCUT2D eigenvalue weighted by atomic mass is 19.1. The minimum Gasteiger partial charge on any atom is -0.310 e. The molecular formula is C18H15FN4O. The Morgan fingerprint density at radius 2 is 2.12 bits per heavy atom. The van der Waals surface area contributed by atoms with Crippen molar-refractivity contribution in [3.8, 4) is 11.3 Å². The predicted octanol–water partition coefficient (Wildman–Crippen LogP) is 3.49. The lowest BCUT2D eigenvalue weighted by Crippen LogP contribution is -2.14. The summed E-state index contributed by atoms with van der Waals surface area (Å²) < 4.78 is 14.4. The number of nitrogens with zero attached hydrogens (tertiary/aromatic N) is 3. The molecule has 0 unspecified atom stereocenters. The van der Waals surface area contributed by atoms with Crippen LogP contribution in [0.3, 0.4) is 0 Å². The number of halogens is 1. The van der Waals surface area contributed by atoms with Crippen molar-refractivity contribution in [2.75, 3.05) is 5.32 Å². The number of hydrogen-bond donors (Lipinski definition) is 1. The molecule has 6 heteroatoms. The van der Waals surface area contributed by atoms with Gasteiger partial charge in [-0.25, -0.2) is 4.98 Å². The fourth-order valence-corrected chi connectivity index (χ4v) is 2.62. The van der Waals surface area contributed by atoms with E-state index >= 15 is 0 Å². The molecule has 120 valence electrons. The molecule has 4 rings (SSSR count). The van der Waals surface area contributed by atoms with E-state index in [0.29, 0.717) is 16.5 Å². The summed E-state index contributed by atoms with van der Waals surface area (Å²) in [5, 5.41) is 3.63. The van der Waals surface area contributed by atoms with Crippen molar-refractivity contribution >= 4 is 22.5 Å². The molecule has 1 saturated carbocycles. The maximum absolute atomic E-state index is 14.4. The van der Waals surface area contributed by atoms with Crippen LogP contribution < -0.4 is 5.32 Å². The second kappa shape index (κ2) is 5.63. The second-order valence-corrected chi connectivity index (χ2v) is 6.04. The van der Waals surface area contributed by atoms with E-state index in [-0.39, 0.29) is 17.6 Å². The highest BCUT2D eigenvalue weighted by Gasteiger charge is 2.30. The zero-order valence-corrected chi connectivity index (χ0v) is 13.1. The van der Waals surface area contributed by atoms with Gasteiger partial charge >= 0.3 is 0 Å². The van der Waals surface area contributed by atoms with E-state index in [1.165, 1.54) is 0 Å². The zero-order valence-electron chi connectivity index (χ0n) is 13.1. The Hall–Kier alpha value is -2.89. The third kappa shape index (κ3) is 2.71. The molecule has 1 aliphatic carbocycles. The minimum absolute atomic E-state index is 0.0413. The fourth-order valence-electron chi connectivity index (χ4n) is 2.62. The standard InChI is InChI=1S/C18H15FN4O/c1-10-4-5-20-9-14(10)15-7-13-12(8-21-15)6-16(22-17(13)19)23-18(24)11-2-3-11/h4-9,11H,2-3H2,1H3,(H,22,23,24). The van der Waals surface area contributed by atoms with Crippen molar-refractivity contribution < 1.29 is 9.18 Å². The molecule has 0 aliphatic heterocycles. The van der Waals surface area contributed by atoms with Crippen LogP contribution in [0.25, 0.3) is 22.0 Å². The summed E-state index contributed by atoms with van der Waals surface area (Å²) in [6.07, 6.45) is 6.78. The molecule has 1 amide bonds. The molecule has 5 nitrogen and oxygen atoms in total. The van der Waals surface area contributed by atoms with Crippen LogP contribution in [0.1, 0.15) is 18.4 Å². The summed E-state index contributed by atoms with van der Waals surface area (Å²) in [6, 6.07) is 5.19. The number of aryl methyl sites for hydroxylation is 1. The topological polar surface area (TPSA) is 67.8 Å². The molecule has 0 atom stereocenters. The summed E-state index contributed by atoms with van der Waals surface area (Å²) >= 11 is 0. The highest BCUT2D eigenvalue weighted by Crippen LogP contribution is 2.31. The van der Waals surface area contributed by atoms with Crippen LogP contribution in [0.4, 0.5) is 10.2 Å². The number of carbonyl (C=O) groups excluding carboxylic acids is 1. The maximum Gasteiger partial charge on any atom is 0.228 e. The summed E-state index contributed by atoms with van der Waals surface area (Å²) in [5.41, 5.74) is 2.51. The van der Waals surface area contributed by atoms with Crippen LogP contribution in [0.15, 0.2) is 36.8 Å². The molecule has 3 heterocycles. The zero-order chi connectivity index (χ0) is 16.7. The van der Waals surface area contributed by atoms with Gasteiger partial charge in [-0.3, -0.25) is 14.8 Å². The lowest BCUT2D eigenvalue weighted by Gasteiger charge is -2.08. The predicted molar refractivity (Wildman–Crippen MR) is 88.8 cm³/mol. The number of carbonyl (C=O) groups is 1. The van der Waals surface area contributed by atoms with E-state index in [2.05, 4.69) is 20.3 Å². The molecule has 0 spiro atoms. The lowest BCUT2D eigenvalue weighted by molar-refractivity contribution is -0.117. The molecule has 1 fully saturated rings. The molecule has 3 aromatic heterocycles. The Bertz CT molecular complexity index is 953. The largest absolute Gasteiger partial charge is 0.310 e. The van der Waals surface area contributed by atoms with Crippen LogP contribution in [0, 0.1) is 18.8 Å². The van der Waals surface area contributed by atoms with Gasteiger partial charge in [0.1, 0.15) is 5.82 Å². The van der Waals surface area contributed by atoms with Crippen LogP contribution in [0.5, 0.6) is 0 Å². The summed E-state index contributed by atoms with van der Waals surface area (Å²) in [7, 11) is 0. The van der Waals surface area contributed by atoms with E-state index in [9.17, 15) is 9.18 Å². The molecule has 0 radical (unpaired) electrons. The number of nitrogens with one attached hydrogen (secondary N) is 1. The summed E-state index contributed by atoms with van der Waals surface area (Å²) in [4.78, 5) is 24.2. The summed E-state index contributed by atoms with van der Waals surface area (Å²) in [6.45, 7) is 1.95. The lowest BCUT2D eigenvalue weighted by atomic mass is 10.1. The molecule has 1 N–H and O–H groups in total. The Morgan fingerprint density at radius 1 is 1.29 bits per heavy atom. The van der Waals surface area contributed by atoms with Gasteiger partial charge in [0.25, 0.3) is 0 Å². The fraction of sp³-hybridized carbons (Fsp3) is 0.222. The second-order valence-electron chi connectivity index (χ2n) is 6.04. The number of aromatic nitrogens is 3. The molecule has 3 aromatic rings. The number of pyridine rings is 3. The van der Waals surface area contributed by atoms with Gasteiger partial charge in [0.2, 0.25) is 11.9 Å². The number of rotatable bonds is 3. The molecule has 0 saturated heterocycles. The third-order valence-electron chi connectivity index (χ3n) is 4.18. The number of anilines is 1. The van der Waals surface area contributed by atoms with Crippen LogP contribution in [-0.2, 0) is 4.79 Å². The van der Waals surface area contributed by atoms with Crippen LogP contribution in [-0.4, -0.2) is 20.9 Å². The van der Waals surface area contributed by atoms with Gasteiger partial charge in [-0.1, -0.05) is 0 Å². The first-order valence-corrected chi connectivity index (χ1v) is 7.80. The number of hydrogen-bond acceptors (Lipinski definition) is 4. The van der Waals surface area contributed by atoms with Crippen molar-refractivity contribution in [1.82, 2.24) is 15.0 Å². The Labute approximate surface area is 138 Å². The first kappa shape index (κ1) is 14.7. The van der Waals surface area contributed by atoms with Gasteiger partial charge in [-0.15, -0.1) is 0 Å². The van der Waals surface area contributed by atoms with Crippen molar-refractivity contribution in [3.63, 3.8) is 0 Å². The van der Waals surface area contributed by atoms with Crippen molar-refractivity contribution in [2.24, 2.45) is 5.92 Å². The van der Waals surface area contributed by atoms with Crippen LogP contribution >= 0.6 is 0 Å². The molecular weight excluding hydrogens is 307 g/mol. The van der Waals surface area contributed by atoms with E-state index in [0.717, 1.165) is 24.0 Å². The van der Waals surface area contributed by atoms with E-state index in [4.69, 9.17) is 0 Å². The molecule has 0 aromatic carbocycles. The van der Waals surface area contributed by atoms with Gasteiger partial charge in [0, 0.05) is 40.8 Å². The average Bonchev–Trinajstić information content (AvgIpc) is 3.40. The molecule has 24 heavy (non-hydrogen) atoms. The quantitative estimate of drug-likeness (QED) is 0.750. The Balaban J connectivity index is 1.74. The molecule has 0 bridgehead atoms. The van der Waals surface area contributed by atoms with Gasteiger partial charge in [0.05, 0.1) is 5.69 Å². The summed E-state index contributed by atoms with van der Waals surface area (Å²) in [5.74, 6) is -0.454. The van der Waals surface area contributed by atoms with Crippen molar-refractivity contribution in [3.05, 3.63) is 48.3 Å². The van der Waals surface area contributed by atoms with Crippen molar-refractivity contribution in [2.45, 2.75) is 19.8 Å². The van der Waals surface area contributed by atoms with Crippen molar-refractivity contribution in [1.29, 1.82) is 0 Å². The van der Waals surface area contributed by atoms with E-state index < -0.39 is 5.95 Å². The Kier molecular flexibility index (Phi) is 3.45.